The molecule has 7 heteroatoms. The van der Waals surface area contributed by atoms with Crippen molar-refractivity contribution in [2.45, 2.75) is 31.1 Å². The van der Waals surface area contributed by atoms with Crippen LogP contribution in [-0.4, -0.2) is 27.1 Å². The van der Waals surface area contributed by atoms with Crippen molar-refractivity contribution in [1.29, 1.82) is 0 Å². The summed E-state index contributed by atoms with van der Waals surface area (Å²) in [6, 6.07) is 9.37. The van der Waals surface area contributed by atoms with Gasteiger partial charge in [0.1, 0.15) is 11.6 Å². The van der Waals surface area contributed by atoms with Crippen molar-refractivity contribution in [3.63, 3.8) is 0 Å². The molecule has 0 aliphatic carbocycles. The minimum atomic E-state index is -3.69. The largest absolute Gasteiger partial charge is 0.497 e. The number of methoxy groups -OCH3 is 1. The summed E-state index contributed by atoms with van der Waals surface area (Å²) < 4.78 is 47.0. The van der Waals surface area contributed by atoms with Crippen molar-refractivity contribution in [3.05, 3.63) is 59.5 Å². The van der Waals surface area contributed by atoms with E-state index in [4.69, 9.17) is 4.74 Å². The van der Waals surface area contributed by atoms with Crippen LogP contribution in [0.3, 0.4) is 0 Å². The first-order valence-corrected chi connectivity index (χ1v) is 10.0. The van der Waals surface area contributed by atoms with Gasteiger partial charge in [0.15, 0.2) is 0 Å². The van der Waals surface area contributed by atoms with Crippen LogP contribution in [0, 0.1) is 12.7 Å². The van der Waals surface area contributed by atoms with Gasteiger partial charge in [-0.3, -0.25) is 0 Å². The van der Waals surface area contributed by atoms with Gasteiger partial charge in [-0.15, -0.1) is 0 Å². The lowest BCUT2D eigenvalue weighted by Crippen LogP contribution is -2.36. The molecular formula is C20H23FN2O3S. The van der Waals surface area contributed by atoms with Crippen molar-refractivity contribution in [3.8, 4) is 5.75 Å². The van der Waals surface area contributed by atoms with E-state index in [0.717, 1.165) is 16.5 Å². The molecule has 0 spiro atoms. The Bertz CT molecular complexity index is 1090. The average Bonchev–Trinajstić information content (AvgIpc) is 3.03. The lowest BCUT2D eigenvalue weighted by atomic mass is 9.85. The van der Waals surface area contributed by atoms with E-state index in [2.05, 4.69) is 9.71 Å². The van der Waals surface area contributed by atoms with Gasteiger partial charge in [0.25, 0.3) is 0 Å². The van der Waals surface area contributed by atoms with Gasteiger partial charge in [0.05, 0.1) is 12.0 Å². The summed E-state index contributed by atoms with van der Waals surface area (Å²) in [5, 5.41) is 0.750. The highest BCUT2D eigenvalue weighted by molar-refractivity contribution is 7.89. The Balaban J connectivity index is 1.86. The van der Waals surface area contributed by atoms with Gasteiger partial charge in [0, 0.05) is 29.1 Å². The summed E-state index contributed by atoms with van der Waals surface area (Å²) in [6.45, 7) is 5.74. The number of aromatic nitrogens is 1. The van der Waals surface area contributed by atoms with E-state index in [1.807, 2.05) is 13.8 Å². The molecule has 144 valence electrons. The third-order valence-electron chi connectivity index (χ3n) is 4.75. The third-order valence-corrected chi connectivity index (χ3v) is 6.31. The Labute approximate surface area is 158 Å². The highest BCUT2D eigenvalue weighted by Gasteiger charge is 2.27. The molecule has 0 saturated carbocycles. The second kappa shape index (κ2) is 6.98. The summed E-state index contributed by atoms with van der Waals surface area (Å²) in [5.74, 6) is 0.279. The van der Waals surface area contributed by atoms with Gasteiger partial charge in [-0.1, -0.05) is 13.8 Å². The lowest BCUT2D eigenvalue weighted by molar-refractivity contribution is 0.414. The number of ether oxygens (including phenoxy) is 1. The predicted octanol–water partition coefficient (Wildman–Crippen LogP) is 3.88. The third kappa shape index (κ3) is 3.84. The first kappa shape index (κ1) is 19.4. The number of hydrogen-bond donors (Lipinski definition) is 2. The summed E-state index contributed by atoms with van der Waals surface area (Å²) in [5.41, 5.74) is 1.73. The van der Waals surface area contributed by atoms with Gasteiger partial charge in [-0.2, -0.15) is 0 Å². The monoisotopic (exact) mass is 390 g/mol. The van der Waals surface area contributed by atoms with E-state index in [0.29, 0.717) is 11.3 Å². The van der Waals surface area contributed by atoms with Crippen LogP contribution in [0.15, 0.2) is 47.5 Å². The standard InChI is InChI=1S/C20H23FN2O3S/c1-13-9-15(26-4)6-8-19(13)27(24,25)23-12-20(2,3)17-11-22-18-7-5-14(21)10-16(17)18/h5-11,22-23H,12H2,1-4H3. The fourth-order valence-corrected chi connectivity index (χ4v) is 4.59. The van der Waals surface area contributed by atoms with Crippen LogP contribution in [0.25, 0.3) is 10.9 Å². The number of nitrogens with one attached hydrogen (secondary N) is 2. The lowest BCUT2D eigenvalue weighted by Gasteiger charge is -2.25. The first-order chi connectivity index (χ1) is 12.6. The zero-order valence-electron chi connectivity index (χ0n) is 15.8. The molecule has 0 atom stereocenters. The molecule has 3 aromatic rings. The van der Waals surface area contributed by atoms with E-state index in [9.17, 15) is 12.8 Å². The first-order valence-electron chi connectivity index (χ1n) is 8.55. The minimum absolute atomic E-state index is 0.171. The molecule has 0 aliphatic rings. The van der Waals surface area contributed by atoms with Crippen molar-refractivity contribution in [1.82, 2.24) is 9.71 Å². The molecule has 0 saturated heterocycles. The second-order valence-electron chi connectivity index (χ2n) is 7.23. The SMILES string of the molecule is COc1ccc(S(=O)(=O)NCC(C)(C)c2c[nH]c3ccc(F)cc23)c(C)c1. The fourth-order valence-electron chi connectivity index (χ4n) is 3.15. The number of aromatic amines is 1. The smallest absolute Gasteiger partial charge is 0.240 e. The number of benzene rings is 2. The summed E-state index contributed by atoms with van der Waals surface area (Å²) in [6.07, 6.45) is 1.80. The second-order valence-corrected chi connectivity index (χ2v) is 8.97. The van der Waals surface area contributed by atoms with Crippen LogP contribution in [0.1, 0.15) is 25.0 Å². The van der Waals surface area contributed by atoms with Gasteiger partial charge in [-0.25, -0.2) is 17.5 Å². The Morgan fingerprint density at radius 1 is 1.19 bits per heavy atom. The summed E-state index contributed by atoms with van der Waals surface area (Å²) in [7, 11) is -2.16. The molecule has 0 fully saturated rings. The molecule has 0 aliphatic heterocycles. The Morgan fingerprint density at radius 2 is 1.93 bits per heavy atom. The van der Waals surface area contributed by atoms with Crippen LogP contribution in [0.5, 0.6) is 5.75 Å². The Morgan fingerprint density at radius 3 is 2.59 bits per heavy atom. The highest BCUT2D eigenvalue weighted by atomic mass is 32.2. The molecule has 27 heavy (non-hydrogen) atoms. The number of aryl methyl sites for hydroxylation is 1. The van der Waals surface area contributed by atoms with Crippen molar-refractivity contribution >= 4 is 20.9 Å². The molecule has 0 radical (unpaired) electrons. The zero-order chi connectivity index (χ0) is 19.8. The molecule has 0 bridgehead atoms. The minimum Gasteiger partial charge on any atom is -0.497 e. The topological polar surface area (TPSA) is 71.2 Å². The predicted molar refractivity (Wildman–Crippen MR) is 104 cm³/mol. The van der Waals surface area contributed by atoms with Crippen LogP contribution in [-0.2, 0) is 15.4 Å². The zero-order valence-corrected chi connectivity index (χ0v) is 16.6. The molecule has 2 N–H and O–H groups in total. The molecule has 0 amide bonds. The molecule has 2 aromatic carbocycles. The molecule has 0 unspecified atom stereocenters. The molecule has 3 rings (SSSR count). The van der Waals surface area contributed by atoms with E-state index >= 15 is 0 Å². The van der Waals surface area contributed by atoms with E-state index in [1.165, 1.54) is 25.3 Å². The number of fused-ring (bicyclic) bond motifs is 1. The van der Waals surface area contributed by atoms with Crippen LogP contribution < -0.4 is 9.46 Å². The number of halogens is 1. The van der Waals surface area contributed by atoms with E-state index < -0.39 is 15.4 Å². The van der Waals surface area contributed by atoms with E-state index in [-0.39, 0.29) is 17.3 Å². The van der Waals surface area contributed by atoms with Gasteiger partial charge < -0.3 is 9.72 Å². The Kier molecular flexibility index (Phi) is 5.01. The molecule has 5 nitrogen and oxygen atoms in total. The highest BCUT2D eigenvalue weighted by Crippen LogP contribution is 2.31. The van der Waals surface area contributed by atoms with Gasteiger partial charge >= 0.3 is 0 Å². The maximum atomic E-state index is 13.6. The number of hydrogen-bond acceptors (Lipinski definition) is 3. The quantitative estimate of drug-likeness (QED) is 0.671. The maximum absolute atomic E-state index is 13.6. The molecular weight excluding hydrogens is 367 g/mol. The fraction of sp³-hybridized carbons (Fsp3) is 0.300. The van der Waals surface area contributed by atoms with Crippen molar-refractivity contribution < 1.29 is 17.5 Å². The average molecular weight is 390 g/mol. The summed E-state index contributed by atoms with van der Waals surface area (Å²) >= 11 is 0. The van der Waals surface area contributed by atoms with Crippen LogP contribution in [0.2, 0.25) is 0 Å². The number of H-pyrrole nitrogens is 1. The van der Waals surface area contributed by atoms with E-state index in [1.54, 1.807) is 31.3 Å². The Hall–Kier alpha value is -2.38. The normalized spacial score (nSPS) is 12.5. The van der Waals surface area contributed by atoms with Crippen LogP contribution in [0.4, 0.5) is 4.39 Å². The summed E-state index contributed by atoms with van der Waals surface area (Å²) in [4.78, 5) is 3.33. The van der Waals surface area contributed by atoms with Crippen LogP contribution >= 0.6 is 0 Å². The molecule has 1 aromatic heterocycles. The number of sulfonamides is 1. The number of rotatable bonds is 6. The maximum Gasteiger partial charge on any atom is 0.240 e. The van der Waals surface area contributed by atoms with Gasteiger partial charge in [-0.05, 0) is 54.4 Å². The molecule has 1 heterocycles. The van der Waals surface area contributed by atoms with Gasteiger partial charge in [0.2, 0.25) is 10.0 Å². The van der Waals surface area contributed by atoms with Crippen molar-refractivity contribution in [2.24, 2.45) is 0 Å². The van der Waals surface area contributed by atoms with Crippen molar-refractivity contribution in [2.75, 3.05) is 13.7 Å².